The highest BCUT2D eigenvalue weighted by Crippen LogP contribution is 1.74. The molecule has 0 unspecified atom stereocenters. The van der Waals surface area contributed by atoms with Gasteiger partial charge in [-0.1, -0.05) is 6.58 Å². The van der Waals surface area contributed by atoms with E-state index in [0.717, 1.165) is 0 Å². The van der Waals surface area contributed by atoms with Gasteiger partial charge in [0.25, 0.3) is 0 Å². The largest absolute Gasteiger partial charge is 0.351 e. The van der Waals surface area contributed by atoms with Crippen LogP contribution in [0.15, 0.2) is 12.7 Å². The van der Waals surface area contributed by atoms with Crippen molar-refractivity contribution in [2.24, 2.45) is 0 Å². The molecule has 0 aliphatic rings. The fourth-order valence-corrected chi connectivity index (χ4v) is 0.585. The molecular weight excluding hydrogens is 170 g/mol. The van der Waals surface area contributed by atoms with E-state index in [4.69, 9.17) is 0 Å². The summed E-state index contributed by atoms with van der Waals surface area (Å²) in [5.41, 5.74) is 0. The Morgan fingerprint density at radius 2 is 1.85 bits per heavy atom. The van der Waals surface area contributed by atoms with Gasteiger partial charge in [0.15, 0.2) is 0 Å². The molecule has 0 atom stereocenters. The number of hydrogen-bond acceptors (Lipinski definition) is 2. The van der Waals surface area contributed by atoms with Crippen LogP contribution in [0.5, 0.6) is 0 Å². The van der Waals surface area contributed by atoms with Crippen molar-refractivity contribution in [1.82, 2.24) is 15.5 Å². The Labute approximate surface area is 77.8 Å². The van der Waals surface area contributed by atoms with E-state index < -0.39 is 0 Å². The lowest BCUT2D eigenvalue weighted by molar-refractivity contribution is -0.116. The third kappa shape index (κ3) is 5.72. The van der Waals surface area contributed by atoms with Gasteiger partial charge in [0.2, 0.25) is 5.91 Å². The second kappa shape index (κ2) is 6.05. The first-order valence-corrected chi connectivity index (χ1v) is 3.93. The quantitative estimate of drug-likeness (QED) is 0.461. The average molecular weight is 185 g/mol. The Hall–Kier alpha value is -1.52. The van der Waals surface area contributed by atoms with Gasteiger partial charge in [0.05, 0.1) is 0 Å². The highest BCUT2D eigenvalue weighted by Gasteiger charge is 2.00. The molecule has 0 saturated carbocycles. The summed E-state index contributed by atoms with van der Waals surface area (Å²) in [4.78, 5) is 23.0. The third-order valence-electron chi connectivity index (χ3n) is 1.29. The van der Waals surface area contributed by atoms with Crippen molar-refractivity contribution in [3.05, 3.63) is 12.7 Å². The lowest BCUT2D eigenvalue weighted by atomic mass is 10.5. The van der Waals surface area contributed by atoms with E-state index in [0.29, 0.717) is 13.1 Å². The summed E-state index contributed by atoms with van der Waals surface area (Å²) in [6.07, 6.45) is 1.19. The van der Waals surface area contributed by atoms with Crippen molar-refractivity contribution in [3.8, 4) is 0 Å². The molecule has 0 aliphatic heterocycles. The van der Waals surface area contributed by atoms with Gasteiger partial charge in [-0.3, -0.25) is 4.79 Å². The molecule has 0 spiro atoms. The molecule has 5 heteroatoms. The second-order valence-corrected chi connectivity index (χ2v) is 2.62. The van der Waals surface area contributed by atoms with Crippen LogP contribution in [0, 0.1) is 0 Å². The van der Waals surface area contributed by atoms with Gasteiger partial charge in [0.1, 0.15) is 0 Å². The number of urea groups is 1. The molecule has 0 aromatic carbocycles. The van der Waals surface area contributed by atoms with Crippen molar-refractivity contribution >= 4 is 11.9 Å². The molecular formula is C8H15N3O2. The van der Waals surface area contributed by atoms with Gasteiger partial charge < -0.3 is 15.5 Å². The van der Waals surface area contributed by atoms with E-state index in [-0.39, 0.29) is 11.9 Å². The molecule has 0 rings (SSSR count). The summed E-state index contributed by atoms with van der Waals surface area (Å²) < 4.78 is 0. The minimum Gasteiger partial charge on any atom is -0.351 e. The second-order valence-electron chi connectivity index (χ2n) is 2.62. The van der Waals surface area contributed by atoms with Crippen LogP contribution in [0.3, 0.4) is 0 Å². The highest BCUT2D eigenvalue weighted by atomic mass is 16.2. The SMILES string of the molecule is C=CC(=O)NCCNC(=O)N(C)C. The molecule has 5 nitrogen and oxygen atoms in total. The molecule has 0 aliphatic carbocycles. The smallest absolute Gasteiger partial charge is 0.316 e. The van der Waals surface area contributed by atoms with Crippen LogP contribution in [0.4, 0.5) is 4.79 Å². The van der Waals surface area contributed by atoms with Gasteiger partial charge in [-0.2, -0.15) is 0 Å². The number of nitrogens with zero attached hydrogens (tertiary/aromatic N) is 1. The summed E-state index contributed by atoms with van der Waals surface area (Å²) in [6.45, 7) is 4.12. The topological polar surface area (TPSA) is 61.4 Å². The number of rotatable bonds is 4. The van der Waals surface area contributed by atoms with Crippen LogP contribution in [-0.4, -0.2) is 44.0 Å². The van der Waals surface area contributed by atoms with E-state index in [1.807, 2.05) is 0 Å². The van der Waals surface area contributed by atoms with E-state index >= 15 is 0 Å². The molecule has 0 bridgehead atoms. The Morgan fingerprint density at radius 3 is 2.31 bits per heavy atom. The van der Waals surface area contributed by atoms with E-state index in [2.05, 4.69) is 17.2 Å². The van der Waals surface area contributed by atoms with Crippen LogP contribution < -0.4 is 10.6 Å². The van der Waals surface area contributed by atoms with Crippen molar-refractivity contribution in [3.63, 3.8) is 0 Å². The van der Waals surface area contributed by atoms with Gasteiger partial charge in [-0.05, 0) is 6.08 Å². The molecule has 0 saturated heterocycles. The first-order valence-electron chi connectivity index (χ1n) is 3.93. The molecule has 0 radical (unpaired) electrons. The van der Waals surface area contributed by atoms with Crippen LogP contribution in [0.2, 0.25) is 0 Å². The standard InChI is InChI=1S/C8H15N3O2/c1-4-7(12)9-5-6-10-8(13)11(2)3/h4H,1,5-6H2,2-3H3,(H,9,12)(H,10,13). The van der Waals surface area contributed by atoms with E-state index in [9.17, 15) is 9.59 Å². The Morgan fingerprint density at radius 1 is 1.31 bits per heavy atom. The Kier molecular flexibility index (Phi) is 5.34. The van der Waals surface area contributed by atoms with E-state index in [1.54, 1.807) is 14.1 Å². The van der Waals surface area contributed by atoms with Gasteiger partial charge >= 0.3 is 6.03 Å². The zero-order valence-corrected chi connectivity index (χ0v) is 7.96. The van der Waals surface area contributed by atoms with Crippen molar-refractivity contribution in [2.45, 2.75) is 0 Å². The zero-order valence-electron chi connectivity index (χ0n) is 7.96. The zero-order chi connectivity index (χ0) is 10.3. The normalized spacial score (nSPS) is 8.77. The predicted octanol–water partition coefficient (Wildman–Crippen LogP) is -0.440. The Bertz CT molecular complexity index is 202. The van der Waals surface area contributed by atoms with Crippen LogP contribution in [0.1, 0.15) is 0 Å². The monoisotopic (exact) mass is 185 g/mol. The van der Waals surface area contributed by atoms with Crippen molar-refractivity contribution in [2.75, 3.05) is 27.2 Å². The molecule has 0 aromatic rings. The van der Waals surface area contributed by atoms with Crippen LogP contribution >= 0.6 is 0 Å². The van der Waals surface area contributed by atoms with Gasteiger partial charge in [-0.25, -0.2) is 4.79 Å². The molecule has 74 valence electrons. The summed E-state index contributed by atoms with van der Waals surface area (Å²) >= 11 is 0. The van der Waals surface area contributed by atoms with E-state index in [1.165, 1.54) is 11.0 Å². The minimum absolute atomic E-state index is 0.173. The number of amides is 3. The van der Waals surface area contributed by atoms with Crippen molar-refractivity contribution in [1.29, 1.82) is 0 Å². The fourth-order valence-electron chi connectivity index (χ4n) is 0.585. The summed E-state index contributed by atoms with van der Waals surface area (Å²) in [5.74, 6) is -0.237. The summed E-state index contributed by atoms with van der Waals surface area (Å²) in [5, 5.41) is 5.14. The summed E-state index contributed by atoms with van der Waals surface area (Å²) in [6, 6.07) is -0.173. The Balaban J connectivity index is 3.41. The maximum atomic E-state index is 10.9. The fraction of sp³-hybridized carbons (Fsp3) is 0.500. The molecule has 0 aromatic heterocycles. The average Bonchev–Trinajstić information content (AvgIpc) is 2.11. The van der Waals surface area contributed by atoms with Crippen LogP contribution in [-0.2, 0) is 4.79 Å². The van der Waals surface area contributed by atoms with Crippen LogP contribution in [0.25, 0.3) is 0 Å². The third-order valence-corrected chi connectivity index (χ3v) is 1.29. The maximum Gasteiger partial charge on any atom is 0.316 e. The first-order chi connectivity index (χ1) is 6.07. The number of carbonyl (C=O) groups excluding carboxylic acids is 2. The first kappa shape index (κ1) is 11.5. The molecule has 0 heterocycles. The highest BCUT2D eigenvalue weighted by molar-refractivity contribution is 5.86. The predicted molar refractivity (Wildman–Crippen MR) is 50.3 cm³/mol. The maximum absolute atomic E-state index is 10.9. The molecule has 13 heavy (non-hydrogen) atoms. The molecule has 0 fully saturated rings. The summed E-state index contributed by atoms with van der Waals surface area (Å²) in [7, 11) is 3.30. The minimum atomic E-state index is -0.237. The van der Waals surface area contributed by atoms with Crippen molar-refractivity contribution < 1.29 is 9.59 Å². The molecule has 3 amide bonds. The van der Waals surface area contributed by atoms with Gasteiger partial charge in [-0.15, -0.1) is 0 Å². The number of carbonyl (C=O) groups is 2. The van der Waals surface area contributed by atoms with Gasteiger partial charge in [0, 0.05) is 27.2 Å². The lowest BCUT2D eigenvalue weighted by Crippen LogP contribution is -2.39. The molecule has 2 N–H and O–H groups in total. The number of nitrogens with one attached hydrogen (secondary N) is 2. The lowest BCUT2D eigenvalue weighted by Gasteiger charge is -2.11. The number of hydrogen-bond donors (Lipinski definition) is 2.